The molecule has 0 spiro atoms. The molecule has 0 radical (unpaired) electrons. The molecule has 2 heterocycles. The quantitative estimate of drug-likeness (QED) is 0.927. The van der Waals surface area contributed by atoms with Gasteiger partial charge in [0, 0.05) is 25.0 Å². The minimum atomic E-state index is -0.453. The summed E-state index contributed by atoms with van der Waals surface area (Å²) < 4.78 is 0. The normalized spacial score (nSPS) is 14.4. The zero-order valence-corrected chi connectivity index (χ0v) is 13.3. The molecular weight excluding hydrogens is 308 g/mol. The Bertz CT molecular complexity index is 788. The van der Waals surface area contributed by atoms with Crippen LogP contribution in [0.2, 0.25) is 0 Å². The van der Waals surface area contributed by atoms with Crippen molar-refractivity contribution >= 4 is 17.6 Å². The summed E-state index contributed by atoms with van der Waals surface area (Å²) in [6, 6.07) is 9.06. The summed E-state index contributed by atoms with van der Waals surface area (Å²) in [6.45, 7) is 2.01. The number of urea groups is 1. The smallest absolute Gasteiger partial charge is 0.267 e. The molecule has 0 bridgehead atoms. The minimum absolute atomic E-state index is 0.234. The third-order valence-corrected chi connectivity index (χ3v) is 3.40. The van der Waals surface area contributed by atoms with Gasteiger partial charge in [-0.05, 0) is 6.92 Å². The van der Waals surface area contributed by atoms with E-state index < -0.39 is 11.9 Å². The highest BCUT2D eigenvalue weighted by Crippen LogP contribution is 2.13. The van der Waals surface area contributed by atoms with E-state index in [1.54, 1.807) is 6.92 Å². The van der Waals surface area contributed by atoms with Crippen molar-refractivity contribution in [2.45, 2.75) is 6.92 Å². The second-order valence-corrected chi connectivity index (χ2v) is 5.33. The molecule has 1 aliphatic rings. The number of carbonyl (C=O) groups is 2. The summed E-state index contributed by atoms with van der Waals surface area (Å²) in [5.41, 5.74) is 4.40. The van der Waals surface area contributed by atoms with Crippen molar-refractivity contribution in [2.24, 2.45) is 5.10 Å². The van der Waals surface area contributed by atoms with E-state index in [1.807, 2.05) is 30.3 Å². The van der Waals surface area contributed by atoms with Gasteiger partial charge in [0.2, 0.25) is 0 Å². The standard InChI is InChI=1S/C16H16N6O2/c1-11-10-22(16(24)21(2)19-11)20-15(23)13-8-17-14(18-9-13)12-6-4-3-5-7-12/h3-9H,10H2,1-2H3,(H,20,23). The summed E-state index contributed by atoms with van der Waals surface area (Å²) in [5.74, 6) is 0.0787. The minimum Gasteiger partial charge on any atom is -0.267 e. The van der Waals surface area contributed by atoms with Gasteiger partial charge in [-0.25, -0.2) is 24.8 Å². The fourth-order valence-electron chi connectivity index (χ4n) is 2.26. The molecule has 0 atom stereocenters. The Hall–Kier alpha value is -3.29. The molecular formula is C16H16N6O2. The van der Waals surface area contributed by atoms with Gasteiger partial charge in [0.25, 0.3) is 5.91 Å². The Kier molecular flexibility index (Phi) is 4.19. The molecule has 24 heavy (non-hydrogen) atoms. The molecule has 1 aromatic carbocycles. The van der Waals surface area contributed by atoms with Crippen LogP contribution in [0.25, 0.3) is 11.4 Å². The van der Waals surface area contributed by atoms with E-state index in [-0.39, 0.29) is 12.1 Å². The van der Waals surface area contributed by atoms with Crippen LogP contribution >= 0.6 is 0 Å². The maximum atomic E-state index is 12.3. The molecule has 0 fully saturated rings. The molecule has 3 rings (SSSR count). The Morgan fingerprint density at radius 3 is 2.50 bits per heavy atom. The number of nitrogens with one attached hydrogen (secondary N) is 1. The lowest BCUT2D eigenvalue weighted by Crippen LogP contribution is -2.54. The van der Waals surface area contributed by atoms with Crippen molar-refractivity contribution in [1.29, 1.82) is 0 Å². The van der Waals surface area contributed by atoms with Crippen LogP contribution in [0.1, 0.15) is 17.3 Å². The molecule has 2 aromatic rings. The Labute approximate surface area is 138 Å². The average Bonchev–Trinajstić information content (AvgIpc) is 2.60. The van der Waals surface area contributed by atoms with E-state index in [4.69, 9.17) is 0 Å². The predicted molar refractivity (Wildman–Crippen MR) is 87.9 cm³/mol. The maximum Gasteiger partial charge on any atom is 0.359 e. The first kappa shape index (κ1) is 15.6. The highest BCUT2D eigenvalue weighted by molar-refractivity contribution is 5.97. The number of rotatable bonds is 3. The number of hydrazine groups is 1. The van der Waals surface area contributed by atoms with Crippen molar-refractivity contribution in [3.8, 4) is 11.4 Å². The molecule has 8 heteroatoms. The summed E-state index contributed by atoms with van der Waals surface area (Å²) in [7, 11) is 1.53. The molecule has 0 saturated heterocycles. The van der Waals surface area contributed by atoms with Crippen molar-refractivity contribution in [1.82, 2.24) is 25.4 Å². The zero-order valence-electron chi connectivity index (χ0n) is 13.3. The molecule has 0 aliphatic carbocycles. The molecule has 8 nitrogen and oxygen atoms in total. The lowest BCUT2D eigenvalue weighted by Gasteiger charge is -2.30. The number of hydrogen-bond acceptors (Lipinski definition) is 5. The van der Waals surface area contributed by atoms with E-state index >= 15 is 0 Å². The number of nitrogens with zero attached hydrogens (tertiary/aromatic N) is 5. The lowest BCUT2D eigenvalue weighted by molar-refractivity contribution is 0.0802. The number of benzene rings is 1. The van der Waals surface area contributed by atoms with Gasteiger partial charge in [0.05, 0.1) is 17.8 Å². The first-order chi connectivity index (χ1) is 11.5. The molecule has 0 saturated carbocycles. The van der Waals surface area contributed by atoms with Gasteiger partial charge in [0.15, 0.2) is 5.82 Å². The van der Waals surface area contributed by atoms with Gasteiger partial charge < -0.3 is 0 Å². The van der Waals surface area contributed by atoms with Crippen molar-refractivity contribution in [3.05, 3.63) is 48.3 Å². The summed E-state index contributed by atoms with van der Waals surface area (Å²) in [5, 5.41) is 6.40. The molecule has 3 amide bonds. The van der Waals surface area contributed by atoms with E-state index in [0.717, 1.165) is 5.56 Å². The number of hydrazone groups is 1. The van der Waals surface area contributed by atoms with Gasteiger partial charge in [-0.2, -0.15) is 5.10 Å². The maximum absolute atomic E-state index is 12.3. The van der Waals surface area contributed by atoms with E-state index in [1.165, 1.54) is 29.5 Å². The second-order valence-electron chi connectivity index (χ2n) is 5.33. The third-order valence-electron chi connectivity index (χ3n) is 3.40. The molecule has 122 valence electrons. The van der Waals surface area contributed by atoms with Crippen LogP contribution in [-0.2, 0) is 0 Å². The zero-order chi connectivity index (χ0) is 17.1. The van der Waals surface area contributed by atoms with Crippen LogP contribution in [0, 0.1) is 0 Å². The first-order valence-electron chi connectivity index (χ1n) is 7.32. The van der Waals surface area contributed by atoms with Crippen molar-refractivity contribution in [2.75, 3.05) is 13.6 Å². The summed E-state index contributed by atoms with van der Waals surface area (Å²) in [4.78, 5) is 32.7. The van der Waals surface area contributed by atoms with E-state index in [9.17, 15) is 9.59 Å². The highest BCUT2D eigenvalue weighted by atomic mass is 16.2. The lowest BCUT2D eigenvalue weighted by atomic mass is 10.2. The topological polar surface area (TPSA) is 90.8 Å². The predicted octanol–water partition coefficient (Wildman–Crippen LogP) is 1.53. The largest absolute Gasteiger partial charge is 0.359 e. The van der Waals surface area contributed by atoms with Crippen LogP contribution < -0.4 is 5.43 Å². The van der Waals surface area contributed by atoms with Crippen molar-refractivity contribution in [3.63, 3.8) is 0 Å². The summed E-state index contributed by atoms with van der Waals surface area (Å²) >= 11 is 0. The van der Waals surface area contributed by atoms with Crippen LogP contribution in [0.3, 0.4) is 0 Å². The Morgan fingerprint density at radius 2 is 1.83 bits per heavy atom. The Balaban J connectivity index is 1.72. The third kappa shape index (κ3) is 3.22. The molecule has 0 unspecified atom stereocenters. The van der Waals surface area contributed by atoms with Gasteiger partial charge in [0.1, 0.15) is 0 Å². The van der Waals surface area contributed by atoms with Gasteiger partial charge in [-0.15, -0.1) is 0 Å². The van der Waals surface area contributed by atoms with Crippen LogP contribution in [0.15, 0.2) is 47.8 Å². The van der Waals surface area contributed by atoms with Crippen LogP contribution in [-0.4, -0.2) is 51.2 Å². The summed E-state index contributed by atoms with van der Waals surface area (Å²) in [6.07, 6.45) is 2.87. The van der Waals surface area contributed by atoms with E-state index in [2.05, 4.69) is 20.5 Å². The molecule has 1 aromatic heterocycles. The monoisotopic (exact) mass is 324 g/mol. The number of aromatic nitrogens is 2. The number of hydrogen-bond donors (Lipinski definition) is 1. The fourth-order valence-corrected chi connectivity index (χ4v) is 2.26. The average molecular weight is 324 g/mol. The molecule has 1 aliphatic heterocycles. The van der Waals surface area contributed by atoms with Gasteiger partial charge >= 0.3 is 6.03 Å². The van der Waals surface area contributed by atoms with Gasteiger partial charge in [-0.1, -0.05) is 30.3 Å². The van der Waals surface area contributed by atoms with Crippen LogP contribution in [0.4, 0.5) is 4.79 Å². The van der Waals surface area contributed by atoms with Crippen molar-refractivity contribution < 1.29 is 9.59 Å². The van der Waals surface area contributed by atoms with Gasteiger partial charge in [-0.3, -0.25) is 10.2 Å². The first-order valence-corrected chi connectivity index (χ1v) is 7.32. The number of amides is 3. The fraction of sp³-hybridized carbons (Fsp3) is 0.188. The Morgan fingerprint density at radius 1 is 1.17 bits per heavy atom. The van der Waals surface area contributed by atoms with E-state index in [0.29, 0.717) is 11.5 Å². The molecule has 1 N–H and O–H groups in total. The number of carbonyl (C=O) groups excluding carboxylic acids is 2. The highest BCUT2D eigenvalue weighted by Gasteiger charge is 2.25. The second kappa shape index (κ2) is 6.45. The SMILES string of the molecule is CC1=NN(C)C(=O)N(NC(=O)c2cnc(-c3ccccc3)nc2)C1. The van der Waals surface area contributed by atoms with Crippen LogP contribution in [0.5, 0.6) is 0 Å².